The first-order valence-electron chi connectivity index (χ1n) is 9.21. The molecule has 0 spiro atoms. The molecule has 1 aliphatic rings. The number of halogens is 1. The highest BCUT2D eigenvalue weighted by Crippen LogP contribution is 2.22. The topological polar surface area (TPSA) is 87.7 Å². The summed E-state index contributed by atoms with van der Waals surface area (Å²) in [7, 11) is 0. The van der Waals surface area contributed by atoms with Crippen molar-refractivity contribution in [1.29, 1.82) is 0 Å². The van der Waals surface area contributed by atoms with Crippen LogP contribution in [-0.2, 0) is 20.9 Å². The van der Waals surface area contributed by atoms with E-state index in [1.165, 1.54) is 0 Å². The van der Waals surface area contributed by atoms with Gasteiger partial charge in [0.05, 0.1) is 5.92 Å². The summed E-state index contributed by atoms with van der Waals surface area (Å²) in [5.41, 5.74) is 6.50. The molecule has 152 valence electrons. The molecule has 1 saturated heterocycles. The van der Waals surface area contributed by atoms with E-state index in [-0.39, 0.29) is 18.9 Å². The molecule has 2 N–H and O–H groups in total. The molecule has 3 rings (SSSR count). The molecule has 1 fully saturated rings. The van der Waals surface area contributed by atoms with Crippen LogP contribution in [0.15, 0.2) is 48.5 Å². The Morgan fingerprint density at radius 1 is 1.17 bits per heavy atom. The highest BCUT2D eigenvalue weighted by Gasteiger charge is 2.34. The Morgan fingerprint density at radius 3 is 2.66 bits per heavy atom. The second-order valence-corrected chi connectivity index (χ2v) is 7.33. The fraction of sp³-hybridized carbons (Fsp3) is 0.286. The number of nitrogens with one attached hydrogen (secondary N) is 2. The number of likely N-dealkylation sites (tertiary alicyclic amines) is 1. The van der Waals surface area contributed by atoms with Crippen LogP contribution < -0.4 is 15.6 Å². The van der Waals surface area contributed by atoms with Gasteiger partial charge in [-0.3, -0.25) is 25.2 Å². The number of carbonyl (C=O) groups excluding carboxylic acids is 3. The minimum Gasteiger partial charge on any atom is -0.483 e. The predicted molar refractivity (Wildman–Crippen MR) is 108 cm³/mol. The number of hydrazine groups is 1. The third kappa shape index (κ3) is 5.71. The minimum absolute atomic E-state index is 0.0816. The molecule has 2 aromatic rings. The smallest absolute Gasteiger partial charge is 0.276 e. The normalized spacial score (nSPS) is 15.9. The highest BCUT2D eigenvalue weighted by molar-refractivity contribution is 6.30. The first-order valence-corrected chi connectivity index (χ1v) is 9.59. The second kappa shape index (κ2) is 9.43. The largest absolute Gasteiger partial charge is 0.483 e. The summed E-state index contributed by atoms with van der Waals surface area (Å²) in [6, 6.07) is 14.7. The van der Waals surface area contributed by atoms with Crippen LogP contribution in [0.5, 0.6) is 5.75 Å². The summed E-state index contributed by atoms with van der Waals surface area (Å²) >= 11 is 5.88. The van der Waals surface area contributed by atoms with Gasteiger partial charge in [0, 0.05) is 24.5 Å². The number of amides is 3. The minimum atomic E-state index is -0.508. The summed E-state index contributed by atoms with van der Waals surface area (Å²) in [5, 5.41) is 0.582. The van der Waals surface area contributed by atoms with Crippen LogP contribution in [0.4, 0.5) is 0 Å². The number of carbonyl (C=O) groups is 3. The van der Waals surface area contributed by atoms with E-state index < -0.39 is 17.7 Å². The van der Waals surface area contributed by atoms with E-state index in [1.807, 2.05) is 37.3 Å². The van der Waals surface area contributed by atoms with E-state index in [9.17, 15) is 14.4 Å². The molecule has 0 aromatic heterocycles. The predicted octanol–water partition coefficient (Wildman–Crippen LogP) is 2.22. The highest BCUT2D eigenvalue weighted by atomic mass is 35.5. The Kier molecular flexibility index (Phi) is 6.72. The van der Waals surface area contributed by atoms with Gasteiger partial charge in [-0.05, 0) is 36.2 Å². The second-order valence-electron chi connectivity index (χ2n) is 6.90. The average molecular weight is 416 g/mol. The maximum atomic E-state index is 12.3. The number of aryl methyl sites for hydroxylation is 1. The van der Waals surface area contributed by atoms with Crippen LogP contribution in [0.2, 0.25) is 5.02 Å². The Morgan fingerprint density at radius 2 is 1.93 bits per heavy atom. The maximum Gasteiger partial charge on any atom is 0.276 e. The van der Waals surface area contributed by atoms with E-state index in [4.69, 9.17) is 16.3 Å². The van der Waals surface area contributed by atoms with Crippen molar-refractivity contribution in [3.05, 3.63) is 64.7 Å². The van der Waals surface area contributed by atoms with Gasteiger partial charge in [0.15, 0.2) is 6.61 Å². The Labute approximate surface area is 173 Å². The molecular formula is C21H22ClN3O4. The summed E-state index contributed by atoms with van der Waals surface area (Å²) in [6.45, 7) is 2.34. The van der Waals surface area contributed by atoms with Gasteiger partial charge >= 0.3 is 0 Å². The molecule has 1 atom stereocenters. The zero-order chi connectivity index (χ0) is 20.8. The van der Waals surface area contributed by atoms with Crippen molar-refractivity contribution in [2.45, 2.75) is 19.9 Å². The lowest BCUT2D eigenvalue weighted by Crippen LogP contribution is -2.46. The molecule has 1 unspecified atom stereocenters. The van der Waals surface area contributed by atoms with E-state index in [0.29, 0.717) is 23.9 Å². The van der Waals surface area contributed by atoms with Crippen LogP contribution in [0, 0.1) is 12.8 Å². The summed E-state index contributed by atoms with van der Waals surface area (Å²) in [4.78, 5) is 38.1. The monoisotopic (exact) mass is 415 g/mol. The van der Waals surface area contributed by atoms with Gasteiger partial charge in [0.1, 0.15) is 5.75 Å². The molecular weight excluding hydrogens is 394 g/mol. The molecule has 0 bridgehead atoms. The first kappa shape index (κ1) is 20.7. The molecule has 8 heteroatoms. The number of rotatable bonds is 6. The zero-order valence-corrected chi connectivity index (χ0v) is 16.7. The number of hydrogen-bond donors (Lipinski definition) is 2. The molecule has 0 radical (unpaired) electrons. The van der Waals surface area contributed by atoms with E-state index in [1.54, 1.807) is 23.1 Å². The average Bonchev–Trinajstić information content (AvgIpc) is 3.06. The molecule has 0 saturated carbocycles. The van der Waals surface area contributed by atoms with Crippen molar-refractivity contribution in [3.8, 4) is 5.75 Å². The SMILES string of the molecule is Cc1cc(Cl)ccc1OCC(=O)NNC(=O)C1CC(=O)N(Cc2ccccc2)C1. The van der Waals surface area contributed by atoms with E-state index in [2.05, 4.69) is 10.9 Å². The first-order chi connectivity index (χ1) is 13.9. The van der Waals surface area contributed by atoms with Gasteiger partial charge < -0.3 is 9.64 Å². The van der Waals surface area contributed by atoms with Crippen LogP contribution in [-0.4, -0.2) is 35.8 Å². The van der Waals surface area contributed by atoms with Crippen LogP contribution in [0.1, 0.15) is 17.5 Å². The van der Waals surface area contributed by atoms with Gasteiger partial charge in [-0.15, -0.1) is 0 Å². The maximum absolute atomic E-state index is 12.3. The fourth-order valence-electron chi connectivity index (χ4n) is 3.09. The van der Waals surface area contributed by atoms with Gasteiger partial charge in [-0.25, -0.2) is 0 Å². The summed E-state index contributed by atoms with van der Waals surface area (Å²) in [5.74, 6) is -0.954. The molecule has 2 aromatic carbocycles. The van der Waals surface area contributed by atoms with E-state index in [0.717, 1.165) is 11.1 Å². The van der Waals surface area contributed by atoms with Crippen LogP contribution in [0.25, 0.3) is 0 Å². The number of benzene rings is 2. The van der Waals surface area contributed by atoms with Gasteiger partial charge in [0.2, 0.25) is 11.8 Å². The third-order valence-corrected chi connectivity index (χ3v) is 4.86. The van der Waals surface area contributed by atoms with Crippen molar-refractivity contribution in [3.63, 3.8) is 0 Å². The van der Waals surface area contributed by atoms with Crippen molar-refractivity contribution < 1.29 is 19.1 Å². The lowest BCUT2D eigenvalue weighted by molar-refractivity contribution is -0.132. The Balaban J connectivity index is 1.43. The summed E-state index contributed by atoms with van der Waals surface area (Å²) < 4.78 is 5.43. The number of ether oxygens (including phenoxy) is 1. The molecule has 1 aliphatic heterocycles. The van der Waals surface area contributed by atoms with Crippen molar-refractivity contribution in [2.75, 3.05) is 13.2 Å². The molecule has 3 amide bonds. The lowest BCUT2D eigenvalue weighted by atomic mass is 10.1. The number of nitrogens with zero attached hydrogens (tertiary/aromatic N) is 1. The Bertz CT molecular complexity index is 904. The van der Waals surface area contributed by atoms with Crippen LogP contribution >= 0.6 is 11.6 Å². The standard InChI is InChI=1S/C21H22ClN3O4/c1-14-9-17(22)7-8-18(14)29-13-19(26)23-24-21(28)16-10-20(27)25(12-16)11-15-5-3-2-4-6-15/h2-9,16H,10-13H2,1H3,(H,23,26)(H,24,28). The Hall–Kier alpha value is -3.06. The third-order valence-electron chi connectivity index (χ3n) is 4.62. The van der Waals surface area contributed by atoms with Crippen molar-refractivity contribution in [2.24, 2.45) is 5.92 Å². The fourth-order valence-corrected chi connectivity index (χ4v) is 3.32. The van der Waals surface area contributed by atoms with E-state index >= 15 is 0 Å². The summed E-state index contributed by atoms with van der Waals surface area (Å²) in [6.07, 6.45) is 0.120. The number of hydrogen-bond acceptors (Lipinski definition) is 4. The molecule has 0 aliphatic carbocycles. The van der Waals surface area contributed by atoms with Crippen molar-refractivity contribution >= 4 is 29.3 Å². The van der Waals surface area contributed by atoms with Gasteiger partial charge in [-0.1, -0.05) is 41.9 Å². The molecule has 1 heterocycles. The molecule has 7 nitrogen and oxygen atoms in total. The quantitative estimate of drug-likeness (QED) is 0.708. The van der Waals surface area contributed by atoms with Gasteiger partial charge in [-0.2, -0.15) is 0 Å². The van der Waals surface area contributed by atoms with Gasteiger partial charge in [0.25, 0.3) is 5.91 Å². The van der Waals surface area contributed by atoms with Crippen molar-refractivity contribution in [1.82, 2.24) is 15.8 Å². The molecule has 29 heavy (non-hydrogen) atoms. The zero-order valence-electron chi connectivity index (χ0n) is 16.0. The van der Waals surface area contributed by atoms with Crippen LogP contribution in [0.3, 0.4) is 0 Å². The lowest BCUT2D eigenvalue weighted by Gasteiger charge is -2.17.